The van der Waals surface area contributed by atoms with Crippen LogP contribution in [0.1, 0.15) is 24.1 Å². The summed E-state index contributed by atoms with van der Waals surface area (Å²) in [5, 5.41) is 2.12. The maximum absolute atomic E-state index is 5.77. The van der Waals surface area contributed by atoms with Crippen LogP contribution in [0.2, 0.25) is 0 Å². The minimum absolute atomic E-state index is 0.366. The van der Waals surface area contributed by atoms with Crippen molar-refractivity contribution in [1.82, 2.24) is 14.9 Å². The molecule has 5 heteroatoms. The number of nitrogens with zero attached hydrogens (tertiary/aromatic N) is 3. The highest BCUT2D eigenvalue weighted by Crippen LogP contribution is 2.17. The summed E-state index contributed by atoms with van der Waals surface area (Å²) in [6.07, 6.45) is 6.46. The van der Waals surface area contributed by atoms with Crippen molar-refractivity contribution in [2.24, 2.45) is 0 Å². The number of pyridine rings is 1. The minimum Gasteiger partial charge on any atom is -0.377 e. The minimum atomic E-state index is 0.366. The fourth-order valence-corrected chi connectivity index (χ4v) is 3.11. The summed E-state index contributed by atoms with van der Waals surface area (Å²) >= 11 is 1.65. The average Bonchev–Trinajstić information content (AvgIpc) is 3.13. The van der Waals surface area contributed by atoms with Gasteiger partial charge in [-0.05, 0) is 24.5 Å². The zero-order chi connectivity index (χ0) is 13.6. The molecule has 0 saturated carbocycles. The van der Waals surface area contributed by atoms with Crippen LogP contribution in [0.15, 0.2) is 35.4 Å². The molecule has 0 aliphatic carbocycles. The summed E-state index contributed by atoms with van der Waals surface area (Å²) in [6.45, 7) is 3.64. The van der Waals surface area contributed by atoms with Gasteiger partial charge >= 0.3 is 0 Å². The Bertz CT molecular complexity index is 497. The first-order valence-electron chi connectivity index (χ1n) is 7.00. The second kappa shape index (κ2) is 6.92. The second-order valence-corrected chi connectivity index (χ2v) is 5.86. The van der Waals surface area contributed by atoms with Crippen molar-refractivity contribution in [3.05, 3.63) is 46.7 Å². The Morgan fingerprint density at radius 1 is 1.40 bits per heavy atom. The lowest BCUT2D eigenvalue weighted by molar-refractivity contribution is 0.0675. The predicted molar refractivity (Wildman–Crippen MR) is 79.4 cm³/mol. The monoisotopic (exact) mass is 289 g/mol. The highest BCUT2D eigenvalue weighted by molar-refractivity contribution is 7.07. The summed E-state index contributed by atoms with van der Waals surface area (Å²) < 4.78 is 5.77. The Morgan fingerprint density at radius 2 is 2.40 bits per heavy atom. The first kappa shape index (κ1) is 13.7. The molecular weight excluding hydrogens is 270 g/mol. The lowest BCUT2D eigenvalue weighted by Crippen LogP contribution is -2.31. The third-order valence-corrected chi connectivity index (χ3v) is 4.12. The molecule has 2 aromatic heterocycles. The van der Waals surface area contributed by atoms with Gasteiger partial charge in [-0.3, -0.25) is 9.88 Å². The van der Waals surface area contributed by atoms with Crippen molar-refractivity contribution in [1.29, 1.82) is 0 Å². The van der Waals surface area contributed by atoms with Crippen molar-refractivity contribution in [3.63, 3.8) is 0 Å². The fourth-order valence-electron chi connectivity index (χ4n) is 2.56. The molecule has 0 spiro atoms. The molecule has 2 aromatic rings. The molecule has 1 saturated heterocycles. The van der Waals surface area contributed by atoms with Gasteiger partial charge in [0.2, 0.25) is 0 Å². The SMILES string of the molecule is c1cncc(CN(Cc2cscn2)C[C@H]2CCCO2)c1. The average molecular weight is 289 g/mol. The van der Waals surface area contributed by atoms with E-state index in [0.29, 0.717) is 6.10 Å². The van der Waals surface area contributed by atoms with Gasteiger partial charge in [0, 0.05) is 44.0 Å². The molecule has 1 aliphatic rings. The number of hydrogen-bond donors (Lipinski definition) is 0. The number of hydrogen-bond acceptors (Lipinski definition) is 5. The zero-order valence-electron chi connectivity index (χ0n) is 11.4. The Hall–Kier alpha value is -1.30. The van der Waals surface area contributed by atoms with Gasteiger partial charge in [0.05, 0.1) is 17.3 Å². The van der Waals surface area contributed by atoms with Crippen LogP contribution < -0.4 is 0 Å². The molecule has 1 atom stereocenters. The molecule has 1 aliphatic heterocycles. The number of aromatic nitrogens is 2. The largest absolute Gasteiger partial charge is 0.377 e. The Morgan fingerprint density at radius 3 is 3.10 bits per heavy atom. The highest BCUT2D eigenvalue weighted by atomic mass is 32.1. The van der Waals surface area contributed by atoms with E-state index in [4.69, 9.17) is 4.74 Å². The van der Waals surface area contributed by atoms with Gasteiger partial charge in [0.15, 0.2) is 0 Å². The summed E-state index contributed by atoms with van der Waals surface area (Å²) in [5.41, 5.74) is 4.27. The van der Waals surface area contributed by atoms with Crippen LogP contribution >= 0.6 is 11.3 Å². The zero-order valence-corrected chi connectivity index (χ0v) is 12.3. The first-order chi connectivity index (χ1) is 9.90. The molecule has 0 unspecified atom stereocenters. The van der Waals surface area contributed by atoms with Crippen molar-refractivity contribution < 1.29 is 4.74 Å². The molecule has 1 fully saturated rings. The number of thiazole rings is 1. The van der Waals surface area contributed by atoms with E-state index in [0.717, 1.165) is 31.9 Å². The van der Waals surface area contributed by atoms with Crippen molar-refractivity contribution in [2.45, 2.75) is 32.0 Å². The van der Waals surface area contributed by atoms with E-state index < -0.39 is 0 Å². The van der Waals surface area contributed by atoms with Crippen LogP contribution in [0.25, 0.3) is 0 Å². The highest BCUT2D eigenvalue weighted by Gasteiger charge is 2.20. The molecule has 4 nitrogen and oxygen atoms in total. The molecule has 0 amide bonds. The summed E-state index contributed by atoms with van der Waals surface area (Å²) in [7, 11) is 0. The van der Waals surface area contributed by atoms with Crippen molar-refractivity contribution >= 4 is 11.3 Å². The predicted octanol–water partition coefficient (Wildman–Crippen LogP) is 2.72. The molecule has 20 heavy (non-hydrogen) atoms. The van der Waals surface area contributed by atoms with Gasteiger partial charge in [0.1, 0.15) is 0 Å². The lowest BCUT2D eigenvalue weighted by Gasteiger charge is -2.24. The summed E-state index contributed by atoms with van der Waals surface area (Å²) in [4.78, 5) is 11.0. The van der Waals surface area contributed by atoms with Gasteiger partial charge in [0.25, 0.3) is 0 Å². The Kier molecular flexibility index (Phi) is 4.73. The lowest BCUT2D eigenvalue weighted by atomic mass is 10.2. The topological polar surface area (TPSA) is 38.2 Å². The molecule has 0 N–H and O–H groups in total. The van der Waals surface area contributed by atoms with Gasteiger partial charge in [-0.2, -0.15) is 0 Å². The van der Waals surface area contributed by atoms with Gasteiger partial charge in [-0.1, -0.05) is 6.07 Å². The van der Waals surface area contributed by atoms with Crippen LogP contribution in [-0.4, -0.2) is 34.1 Å². The van der Waals surface area contributed by atoms with E-state index in [1.807, 2.05) is 24.0 Å². The van der Waals surface area contributed by atoms with E-state index in [-0.39, 0.29) is 0 Å². The molecular formula is C15H19N3OS. The van der Waals surface area contributed by atoms with Crippen LogP contribution in [0, 0.1) is 0 Å². The first-order valence-corrected chi connectivity index (χ1v) is 7.94. The maximum atomic E-state index is 5.77. The van der Waals surface area contributed by atoms with Gasteiger partial charge in [-0.25, -0.2) is 4.98 Å². The maximum Gasteiger partial charge on any atom is 0.0795 e. The normalized spacial score (nSPS) is 18.8. The molecule has 0 bridgehead atoms. The van der Waals surface area contributed by atoms with Crippen LogP contribution in [0.5, 0.6) is 0 Å². The summed E-state index contributed by atoms with van der Waals surface area (Å²) in [6, 6.07) is 4.11. The number of rotatable bonds is 6. The molecule has 0 aromatic carbocycles. The summed E-state index contributed by atoms with van der Waals surface area (Å²) in [5.74, 6) is 0. The van der Waals surface area contributed by atoms with Crippen molar-refractivity contribution in [2.75, 3.05) is 13.2 Å². The Labute approximate surface area is 123 Å². The second-order valence-electron chi connectivity index (χ2n) is 5.15. The molecule has 3 heterocycles. The third kappa shape index (κ3) is 3.85. The Balaban J connectivity index is 1.65. The fraction of sp³-hybridized carbons (Fsp3) is 0.467. The molecule has 0 radical (unpaired) electrons. The molecule has 3 rings (SSSR count). The third-order valence-electron chi connectivity index (χ3n) is 3.48. The van der Waals surface area contributed by atoms with Crippen LogP contribution in [0.3, 0.4) is 0 Å². The van der Waals surface area contributed by atoms with Crippen molar-refractivity contribution in [3.8, 4) is 0 Å². The van der Waals surface area contributed by atoms with E-state index in [9.17, 15) is 0 Å². The smallest absolute Gasteiger partial charge is 0.0795 e. The van der Waals surface area contributed by atoms with E-state index in [2.05, 4.69) is 26.3 Å². The van der Waals surface area contributed by atoms with Gasteiger partial charge in [-0.15, -0.1) is 11.3 Å². The standard InChI is InChI=1S/C15H19N3OS/c1-3-13(7-16-5-1)8-18(9-14-11-20-12-17-14)10-15-4-2-6-19-15/h1,3,5,7,11-12,15H,2,4,6,8-10H2/t15-/m1/s1. The number of ether oxygens (including phenoxy) is 1. The quantitative estimate of drug-likeness (QED) is 0.819. The van der Waals surface area contributed by atoms with Gasteiger partial charge < -0.3 is 4.74 Å². The van der Waals surface area contributed by atoms with E-state index in [1.54, 1.807) is 11.3 Å². The van der Waals surface area contributed by atoms with Crippen LogP contribution in [0.4, 0.5) is 0 Å². The molecule has 106 valence electrons. The van der Waals surface area contributed by atoms with E-state index in [1.165, 1.54) is 18.4 Å². The van der Waals surface area contributed by atoms with E-state index >= 15 is 0 Å². The van der Waals surface area contributed by atoms with Crippen LogP contribution in [-0.2, 0) is 17.8 Å².